The molecule has 1 aromatic heterocycles. The molecule has 1 aromatic carbocycles. The lowest BCUT2D eigenvalue weighted by atomic mass is 9.91. The van der Waals surface area contributed by atoms with Gasteiger partial charge in [0.25, 0.3) is 0 Å². The van der Waals surface area contributed by atoms with E-state index in [0.717, 1.165) is 37.8 Å². The highest BCUT2D eigenvalue weighted by Gasteiger charge is 2.30. The third-order valence-corrected chi connectivity index (χ3v) is 7.62. The molecule has 2 aromatic rings. The van der Waals surface area contributed by atoms with Crippen molar-refractivity contribution < 1.29 is 17.5 Å². The average molecular weight is 433 g/mol. The zero-order valence-electron chi connectivity index (χ0n) is 15.2. The molecule has 0 saturated heterocycles. The van der Waals surface area contributed by atoms with Crippen LogP contribution < -0.4 is 4.74 Å². The molecule has 0 radical (unpaired) electrons. The summed E-state index contributed by atoms with van der Waals surface area (Å²) in [6, 6.07) is 2.44. The third-order valence-electron chi connectivity index (χ3n) is 4.73. The van der Waals surface area contributed by atoms with Crippen LogP contribution >= 0.6 is 22.9 Å². The van der Waals surface area contributed by atoms with Crippen molar-refractivity contribution in [2.75, 3.05) is 14.1 Å². The quantitative estimate of drug-likeness (QED) is 0.685. The van der Waals surface area contributed by atoms with Gasteiger partial charge in [-0.2, -0.15) is 0 Å². The maximum absolute atomic E-state index is 14.6. The van der Waals surface area contributed by atoms with Crippen molar-refractivity contribution in [3.8, 4) is 5.75 Å². The minimum atomic E-state index is -3.89. The molecule has 0 N–H and O–H groups in total. The van der Waals surface area contributed by atoms with Crippen LogP contribution in [0.3, 0.4) is 0 Å². The number of nitrogens with zero attached hydrogens (tertiary/aromatic N) is 2. The predicted octanol–water partition coefficient (Wildman–Crippen LogP) is 4.16. The Balaban J connectivity index is 1.84. The number of halogens is 2. The average Bonchev–Trinajstić information content (AvgIpc) is 3.10. The van der Waals surface area contributed by atoms with Gasteiger partial charge in [-0.05, 0) is 39.4 Å². The van der Waals surface area contributed by atoms with E-state index in [4.69, 9.17) is 16.3 Å². The molecule has 1 aliphatic carbocycles. The maximum Gasteiger partial charge on any atom is 0.187 e. The van der Waals surface area contributed by atoms with Crippen LogP contribution in [-0.4, -0.2) is 44.5 Å². The van der Waals surface area contributed by atoms with Crippen molar-refractivity contribution in [3.05, 3.63) is 39.6 Å². The maximum atomic E-state index is 14.6. The van der Waals surface area contributed by atoms with Gasteiger partial charge in [0.1, 0.15) is 33.3 Å². The van der Waals surface area contributed by atoms with Crippen molar-refractivity contribution >= 4 is 32.8 Å². The molecule has 27 heavy (non-hydrogen) atoms. The van der Waals surface area contributed by atoms with Gasteiger partial charge in [-0.15, -0.1) is 11.3 Å². The summed E-state index contributed by atoms with van der Waals surface area (Å²) in [5.74, 6) is -1.03. The number of ether oxygens (including phenoxy) is 1. The van der Waals surface area contributed by atoms with E-state index in [0.29, 0.717) is 5.01 Å². The monoisotopic (exact) mass is 432 g/mol. The first-order valence-corrected chi connectivity index (χ1v) is 11.6. The first kappa shape index (κ1) is 20.5. The van der Waals surface area contributed by atoms with Crippen molar-refractivity contribution in [3.63, 3.8) is 0 Å². The summed E-state index contributed by atoms with van der Waals surface area (Å²) >= 11 is 7.46. The Hall–Kier alpha value is -1.22. The molecule has 5 nitrogen and oxygen atoms in total. The summed E-state index contributed by atoms with van der Waals surface area (Å²) in [4.78, 5) is 5.62. The number of sulfone groups is 1. The first-order valence-electron chi connectivity index (χ1n) is 8.71. The molecule has 1 fully saturated rings. The van der Waals surface area contributed by atoms with Crippen LogP contribution in [0.15, 0.2) is 28.6 Å². The lowest BCUT2D eigenvalue weighted by molar-refractivity contribution is 0.0620. The summed E-state index contributed by atoms with van der Waals surface area (Å²) in [6.07, 6.45) is 5.42. The van der Waals surface area contributed by atoms with Gasteiger partial charge in [0.2, 0.25) is 0 Å². The lowest BCUT2D eigenvalue weighted by Crippen LogP contribution is -2.44. The second-order valence-corrected chi connectivity index (χ2v) is 10.2. The fourth-order valence-electron chi connectivity index (χ4n) is 3.37. The number of aromatic nitrogens is 1. The van der Waals surface area contributed by atoms with Crippen molar-refractivity contribution in [2.45, 2.75) is 48.5 Å². The van der Waals surface area contributed by atoms with Gasteiger partial charge >= 0.3 is 0 Å². The van der Waals surface area contributed by atoms with E-state index in [9.17, 15) is 12.8 Å². The van der Waals surface area contributed by atoms with Crippen LogP contribution in [-0.2, 0) is 15.6 Å². The molecule has 3 rings (SSSR count). The zero-order chi connectivity index (χ0) is 19.6. The molecule has 1 heterocycles. The Morgan fingerprint density at radius 2 is 2.07 bits per heavy atom. The van der Waals surface area contributed by atoms with Crippen LogP contribution in [0.5, 0.6) is 5.75 Å². The number of thiazole rings is 1. The van der Waals surface area contributed by atoms with E-state index in [1.807, 2.05) is 14.1 Å². The summed E-state index contributed by atoms with van der Waals surface area (Å²) < 4.78 is 45.7. The Kier molecular flexibility index (Phi) is 6.40. The van der Waals surface area contributed by atoms with Crippen molar-refractivity contribution in [1.82, 2.24) is 9.88 Å². The highest BCUT2D eigenvalue weighted by molar-refractivity contribution is 7.90. The van der Waals surface area contributed by atoms with Crippen molar-refractivity contribution in [1.29, 1.82) is 0 Å². The molecular formula is C18H22ClFN2O3S2. The van der Waals surface area contributed by atoms with Crippen LogP contribution in [0.25, 0.3) is 0 Å². The number of benzene rings is 1. The lowest BCUT2D eigenvalue weighted by Gasteiger charge is -2.36. The molecule has 0 spiro atoms. The van der Waals surface area contributed by atoms with E-state index in [-0.39, 0.29) is 28.7 Å². The van der Waals surface area contributed by atoms with E-state index in [1.165, 1.54) is 17.5 Å². The summed E-state index contributed by atoms with van der Waals surface area (Å²) in [5, 5.41) is 2.18. The molecular weight excluding hydrogens is 411 g/mol. The summed E-state index contributed by atoms with van der Waals surface area (Å²) in [5.41, 5.74) is 0. The minimum Gasteiger partial charge on any atom is -0.487 e. The molecule has 1 saturated carbocycles. The van der Waals surface area contributed by atoms with E-state index < -0.39 is 20.5 Å². The zero-order valence-corrected chi connectivity index (χ0v) is 17.6. The third kappa shape index (κ3) is 4.80. The van der Waals surface area contributed by atoms with Crippen LogP contribution in [0.4, 0.5) is 4.39 Å². The fourth-order valence-corrected chi connectivity index (χ4v) is 5.99. The van der Waals surface area contributed by atoms with Crippen LogP contribution in [0.2, 0.25) is 5.02 Å². The van der Waals surface area contributed by atoms with Gasteiger partial charge in [0, 0.05) is 23.7 Å². The SMILES string of the molecule is CN(C)[C@@H]1CCCC[C@H]1Oc1cc(F)c(S(=O)(=O)Cc2nccs2)cc1Cl. The molecule has 9 heteroatoms. The van der Waals surface area contributed by atoms with E-state index in [2.05, 4.69) is 9.88 Å². The number of rotatable bonds is 6. The fraction of sp³-hybridized carbons (Fsp3) is 0.500. The Labute approximate surface area is 168 Å². The van der Waals surface area contributed by atoms with E-state index >= 15 is 0 Å². The molecule has 1 aliphatic rings. The largest absolute Gasteiger partial charge is 0.487 e. The molecule has 0 amide bonds. The molecule has 148 valence electrons. The number of hydrogen-bond donors (Lipinski definition) is 0. The van der Waals surface area contributed by atoms with Gasteiger partial charge in [-0.25, -0.2) is 17.8 Å². The van der Waals surface area contributed by atoms with Gasteiger partial charge in [0.15, 0.2) is 9.84 Å². The highest BCUT2D eigenvalue weighted by Crippen LogP contribution is 2.34. The normalized spacial score (nSPS) is 20.8. The Morgan fingerprint density at radius 1 is 1.33 bits per heavy atom. The van der Waals surface area contributed by atoms with Crippen LogP contribution in [0.1, 0.15) is 30.7 Å². The molecule has 0 bridgehead atoms. The standard InChI is InChI=1S/C18H22ClFN2O3S2/c1-22(2)14-5-3-4-6-15(14)25-16-10-13(20)17(9-12(16)19)27(23,24)11-18-21-7-8-26-18/h7-10,14-15H,3-6,11H2,1-2H3/t14-,15-/m1/s1. The van der Waals surface area contributed by atoms with Crippen molar-refractivity contribution in [2.24, 2.45) is 0 Å². The Bertz CT molecular complexity index is 888. The highest BCUT2D eigenvalue weighted by atomic mass is 35.5. The van der Waals surface area contributed by atoms with Gasteiger partial charge < -0.3 is 9.64 Å². The first-order chi connectivity index (χ1) is 12.8. The minimum absolute atomic E-state index is 0.0946. The molecule has 0 unspecified atom stereocenters. The van der Waals surface area contributed by atoms with Crippen LogP contribution in [0, 0.1) is 5.82 Å². The summed E-state index contributed by atoms with van der Waals surface area (Å²) in [6.45, 7) is 0. The topological polar surface area (TPSA) is 59.5 Å². The van der Waals surface area contributed by atoms with Gasteiger partial charge in [0.05, 0.1) is 5.02 Å². The smallest absolute Gasteiger partial charge is 0.187 e. The van der Waals surface area contributed by atoms with E-state index in [1.54, 1.807) is 5.38 Å². The Morgan fingerprint density at radius 3 is 2.74 bits per heavy atom. The second kappa shape index (κ2) is 8.43. The second-order valence-electron chi connectivity index (χ2n) is 6.87. The number of likely N-dealkylation sites (N-methyl/N-ethyl adjacent to an activating group) is 1. The van der Waals surface area contributed by atoms with Gasteiger partial charge in [-0.1, -0.05) is 18.0 Å². The number of hydrogen-bond acceptors (Lipinski definition) is 6. The molecule has 0 aliphatic heterocycles. The predicted molar refractivity (Wildman–Crippen MR) is 105 cm³/mol. The van der Waals surface area contributed by atoms with Gasteiger partial charge in [-0.3, -0.25) is 0 Å². The summed E-state index contributed by atoms with van der Waals surface area (Å²) in [7, 11) is 0.0920. The molecule has 2 atom stereocenters.